The van der Waals surface area contributed by atoms with Crippen LogP contribution in [0.5, 0.6) is 0 Å². The molecule has 14 aromatic carbocycles. The first-order valence-electron chi connectivity index (χ1n) is 31.9. The van der Waals surface area contributed by atoms with E-state index in [1.54, 1.807) is 0 Å². The third-order valence-corrected chi connectivity index (χ3v) is 18.3. The van der Waals surface area contributed by atoms with E-state index < -0.39 is 0 Å². The topological polar surface area (TPSA) is 50.3 Å². The lowest BCUT2D eigenvalue weighted by Gasteiger charge is -2.28. The van der Waals surface area contributed by atoms with Crippen molar-refractivity contribution in [2.45, 2.75) is 0 Å². The Kier molecular flexibility index (Phi) is 13.0. The Morgan fingerprint density at radius 1 is 0.213 bits per heavy atom. The van der Waals surface area contributed by atoms with Gasteiger partial charge in [-0.2, -0.15) is 4.98 Å². The predicted molar refractivity (Wildman–Crippen MR) is 392 cm³/mol. The van der Waals surface area contributed by atoms with Gasteiger partial charge in [0.25, 0.3) is 0 Å². The van der Waals surface area contributed by atoms with Gasteiger partial charge in [0.05, 0.1) is 38.8 Å². The molecule has 18 rings (SSSR count). The molecule has 0 N–H and O–H groups in total. The molecule has 0 aliphatic rings. The molecule has 0 unspecified atom stereocenters. The summed E-state index contributed by atoms with van der Waals surface area (Å²) in [4.78, 5) is 18.4. The Hall–Kier alpha value is -12.8. The Morgan fingerprint density at radius 3 is 1.01 bits per heavy atom. The molecule has 0 amide bonds. The van der Waals surface area contributed by atoms with Crippen LogP contribution in [0.1, 0.15) is 0 Å². The van der Waals surface area contributed by atoms with E-state index in [1.165, 1.54) is 16.3 Å². The van der Waals surface area contributed by atoms with E-state index in [0.717, 1.165) is 128 Å². The number of benzene rings is 14. The second-order valence-corrected chi connectivity index (χ2v) is 23.8. The zero-order valence-electron chi connectivity index (χ0n) is 51.1. The van der Waals surface area contributed by atoms with Crippen LogP contribution in [0.25, 0.3) is 105 Å². The zero-order chi connectivity index (χ0) is 62.1. The van der Waals surface area contributed by atoms with Crippen LogP contribution in [0.4, 0.5) is 51.6 Å². The number of hydrogen-bond acceptors (Lipinski definition) is 5. The highest BCUT2D eigenvalue weighted by Crippen LogP contribution is 2.46. The van der Waals surface area contributed by atoms with Crippen molar-refractivity contribution in [3.63, 3.8) is 0 Å². The number of aromatic nitrogens is 5. The van der Waals surface area contributed by atoms with Gasteiger partial charge in [-0.15, -0.1) is 0 Å². The number of para-hydroxylation sites is 9. The minimum Gasteiger partial charge on any atom is -0.310 e. The van der Waals surface area contributed by atoms with Crippen molar-refractivity contribution in [3.05, 3.63) is 352 Å². The number of fused-ring (bicyclic) bond motifs is 10. The van der Waals surface area contributed by atoms with Crippen LogP contribution in [0.3, 0.4) is 0 Å². The number of nitrogens with zero attached hydrogens (tertiary/aromatic N) is 8. The maximum Gasteiger partial charge on any atom is 0.237 e. The van der Waals surface area contributed by atoms with Crippen molar-refractivity contribution >= 4 is 128 Å². The lowest BCUT2D eigenvalue weighted by molar-refractivity contribution is 1.06. The fraction of sp³-hybridized carbons (Fsp3) is 0. The Balaban J connectivity index is 0.845. The molecule has 8 heteroatoms. The van der Waals surface area contributed by atoms with Crippen molar-refractivity contribution in [2.75, 3.05) is 14.7 Å². The molecule has 0 saturated carbocycles. The largest absolute Gasteiger partial charge is 0.310 e. The maximum atomic E-state index is 5.80. The average molecular weight is 1200 g/mol. The van der Waals surface area contributed by atoms with Gasteiger partial charge in [0, 0.05) is 101 Å². The highest BCUT2D eigenvalue weighted by molar-refractivity contribution is 6.13. The SMILES string of the molecule is c1ccc(N(c2ccc3ccc(-c4cc(N(c5ccccc5)c5ccc6c(c5)c5ccccc5n6-c5ccccc5)nc(N(c5ccccc5)c5ccc6c(c5)c5ccccc5n6-c5ccccc5)n4)cc3c2)c2ccc3c(c2)c2ccccc2n3-c2ccccc2)cc1. The summed E-state index contributed by atoms with van der Waals surface area (Å²) >= 11 is 0. The minimum atomic E-state index is 0.514. The highest BCUT2D eigenvalue weighted by Gasteiger charge is 2.26. The summed E-state index contributed by atoms with van der Waals surface area (Å²) in [6.45, 7) is 0. The van der Waals surface area contributed by atoms with E-state index in [1.807, 2.05) is 0 Å². The van der Waals surface area contributed by atoms with Crippen LogP contribution in [-0.4, -0.2) is 23.7 Å². The van der Waals surface area contributed by atoms with Gasteiger partial charge in [-0.3, -0.25) is 9.80 Å². The van der Waals surface area contributed by atoms with Gasteiger partial charge < -0.3 is 18.6 Å². The van der Waals surface area contributed by atoms with Crippen LogP contribution in [0, 0.1) is 0 Å². The maximum absolute atomic E-state index is 5.80. The molecule has 0 saturated heterocycles. The lowest BCUT2D eigenvalue weighted by Crippen LogP contribution is -2.17. The van der Waals surface area contributed by atoms with Crippen LogP contribution >= 0.6 is 0 Å². The first kappa shape index (κ1) is 54.2. The Morgan fingerprint density at radius 2 is 0.553 bits per heavy atom. The van der Waals surface area contributed by atoms with Gasteiger partial charge in [0.2, 0.25) is 5.95 Å². The van der Waals surface area contributed by atoms with Gasteiger partial charge >= 0.3 is 0 Å². The van der Waals surface area contributed by atoms with E-state index in [9.17, 15) is 0 Å². The van der Waals surface area contributed by atoms with Crippen LogP contribution in [-0.2, 0) is 0 Å². The summed E-state index contributed by atoms with van der Waals surface area (Å²) in [5.74, 6) is 1.22. The normalized spacial score (nSPS) is 11.6. The molecular formula is C86H58N8. The molecule has 18 aromatic rings. The third kappa shape index (κ3) is 9.22. The van der Waals surface area contributed by atoms with E-state index >= 15 is 0 Å². The average Bonchev–Trinajstić information content (AvgIpc) is 1.62. The molecule has 0 fully saturated rings. The number of hydrogen-bond donors (Lipinski definition) is 0. The first-order valence-corrected chi connectivity index (χ1v) is 31.9. The van der Waals surface area contributed by atoms with Crippen molar-refractivity contribution in [1.29, 1.82) is 0 Å². The Bertz CT molecular complexity index is 5650. The quantitative estimate of drug-likeness (QED) is 0.115. The fourth-order valence-corrected chi connectivity index (χ4v) is 14.2. The molecular weight excluding hydrogens is 1150 g/mol. The summed E-state index contributed by atoms with van der Waals surface area (Å²) < 4.78 is 7.09. The van der Waals surface area contributed by atoms with Gasteiger partial charge in [-0.1, -0.05) is 182 Å². The molecule has 0 spiro atoms. The summed E-state index contributed by atoms with van der Waals surface area (Å²) in [6, 6.07) is 126. The van der Waals surface area contributed by atoms with Gasteiger partial charge in [-0.05, 0) is 175 Å². The highest BCUT2D eigenvalue weighted by atomic mass is 15.3. The molecule has 0 bridgehead atoms. The van der Waals surface area contributed by atoms with Crippen molar-refractivity contribution < 1.29 is 0 Å². The standard InChI is InChI=1S/C86H58N8/c1-7-25-62(26-8-1)89(69-47-50-82-75(55-69)72-37-19-22-40-79(72)92(82)65-31-13-4-14-32-65)68-46-45-59-43-44-60(53-61(59)54-68)78-58-85(90(63-27-9-2-10-28-63)70-48-51-83-76(56-70)73-38-20-23-41-80(73)93(83)66-33-15-5-16-34-66)88-86(87-78)91(64-29-11-3-12-30-64)71-49-52-84-77(57-71)74-39-21-24-42-81(74)94(84)67-35-17-6-18-36-67/h1-58H. The first-order chi connectivity index (χ1) is 46.6. The van der Waals surface area contributed by atoms with Crippen molar-refractivity contribution in [2.24, 2.45) is 0 Å². The zero-order valence-corrected chi connectivity index (χ0v) is 51.1. The molecule has 442 valence electrons. The van der Waals surface area contributed by atoms with Crippen molar-refractivity contribution in [3.8, 4) is 28.3 Å². The summed E-state index contributed by atoms with van der Waals surface area (Å²) in [6.07, 6.45) is 0. The van der Waals surface area contributed by atoms with E-state index in [-0.39, 0.29) is 0 Å². The summed E-state index contributed by atoms with van der Waals surface area (Å²) in [5.41, 5.74) is 18.8. The van der Waals surface area contributed by atoms with E-state index in [2.05, 4.69) is 380 Å². The van der Waals surface area contributed by atoms with Crippen molar-refractivity contribution in [1.82, 2.24) is 23.7 Å². The second kappa shape index (κ2) is 22.6. The van der Waals surface area contributed by atoms with Crippen LogP contribution in [0.15, 0.2) is 352 Å². The number of rotatable bonds is 13. The van der Waals surface area contributed by atoms with Crippen LogP contribution in [0.2, 0.25) is 0 Å². The molecule has 4 heterocycles. The van der Waals surface area contributed by atoms with E-state index in [0.29, 0.717) is 11.8 Å². The lowest BCUT2D eigenvalue weighted by atomic mass is 10.0. The smallest absolute Gasteiger partial charge is 0.237 e. The second-order valence-electron chi connectivity index (χ2n) is 23.8. The predicted octanol–water partition coefficient (Wildman–Crippen LogP) is 23.0. The summed E-state index contributed by atoms with van der Waals surface area (Å²) in [5, 5.41) is 9.14. The fourth-order valence-electron chi connectivity index (χ4n) is 14.2. The molecule has 0 aliphatic carbocycles. The van der Waals surface area contributed by atoms with Gasteiger partial charge in [0.15, 0.2) is 0 Å². The molecule has 8 nitrogen and oxygen atoms in total. The number of anilines is 9. The Labute approximate surface area is 543 Å². The molecule has 94 heavy (non-hydrogen) atoms. The summed E-state index contributed by atoms with van der Waals surface area (Å²) in [7, 11) is 0. The third-order valence-electron chi connectivity index (χ3n) is 18.3. The van der Waals surface area contributed by atoms with Crippen LogP contribution < -0.4 is 14.7 Å². The molecule has 0 radical (unpaired) electrons. The molecule has 4 aromatic heterocycles. The minimum absolute atomic E-state index is 0.514. The van der Waals surface area contributed by atoms with Gasteiger partial charge in [-0.25, -0.2) is 4.98 Å². The monoisotopic (exact) mass is 1200 g/mol. The molecule has 0 atom stereocenters. The van der Waals surface area contributed by atoms with Gasteiger partial charge in [0.1, 0.15) is 5.82 Å². The van der Waals surface area contributed by atoms with E-state index in [4.69, 9.17) is 9.97 Å². The molecule has 0 aliphatic heterocycles.